The summed E-state index contributed by atoms with van der Waals surface area (Å²) in [6, 6.07) is 15.2. The quantitative estimate of drug-likeness (QED) is 0.437. The fourth-order valence-corrected chi connectivity index (χ4v) is 5.53. The summed E-state index contributed by atoms with van der Waals surface area (Å²) in [6.07, 6.45) is 4.48. The Morgan fingerprint density at radius 1 is 0.840 bits per heavy atom. The average Bonchev–Trinajstić information content (AvgIpc) is 2.61. The van der Waals surface area contributed by atoms with Crippen LogP contribution in [0.4, 0.5) is 0 Å². The molecule has 1 aliphatic rings. The second-order valence-electron chi connectivity index (χ2n) is 6.57. The number of halogens is 1. The molecule has 0 amide bonds. The molecule has 0 heterocycles. The molecule has 0 bridgehead atoms. The van der Waals surface area contributed by atoms with Crippen molar-refractivity contribution in [1.29, 1.82) is 0 Å². The van der Waals surface area contributed by atoms with E-state index in [2.05, 4.69) is 0 Å². The molecular formula is C20H19ClO3S. The third kappa shape index (κ3) is 3.14. The van der Waals surface area contributed by atoms with Crippen molar-refractivity contribution in [2.45, 2.75) is 43.1 Å². The summed E-state index contributed by atoms with van der Waals surface area (Å²) in [5.41, 5.74) is 0. The summed E-state index contributed by atoms with van der Waals surface area (Å²) < 4.78 is 31.5. The number of benzene rings is 3. The molecule has 0 unspecified atom stereocenters. The highest BCUT2D eigenvalue weighted by molar-refractivity contribution is 7.87. The molecule has 0 aliphatic heterocycles. The van der Waals surface area contributed by atoms with Crippen LogP contribution in [-0.4, -0.2) is 14.5 Å². The molecule has 0 spiro atoms. The highest BCUT2D eigenvalue weighted by Crippen LogP contribution is 2.36. The summed E-state index contributed by atoms with van der Waals surface area (Å²) in [5.74, 6) is 0. The topological polar surface area (TPSA) is 43.4 Å². The Balaban J connectivity index is 1.88. The number of fused-ring (bicyclic) bond motifs is 3. The zero-order chi connectivity index (χ0) is 17.4. The molecule has 0 N–H and O–H groups in total. The standard InChI is InChI=1S/C20H19ClO3S/c21-19-13-12-17-16-9-5-4-6-14(16)10-11-18(17)20(19)25(22,23)24-15-7-2-1-3-8-15/h4-6,9-13,15H,1-3,7-8H2. The molecule has 25 heavy (non-hydrogen) atoms. The van der Waals surface area contributed by atoms with Gasteiger partial charge in [0, 0.05) is 5.39 Å². The molecule has 0 atom stereocenters. The van der Waals surface area contributed by atoms with Crippen molar-refractivity contribution in [3.63, 3.8) is 0 Å². The minimum atomic E-state index is -3.92. The van der Waals surface area contributed by atoms with Crippen molar-refractivity contribution in [3.8, 4) is 0 Å². The van der Waals surface area contributed by atoms with Crippen LogP contribution in [0.2, 0.25) is 5.02 Å². The monoisotopic (exact) mass is 374 g/mol. The van der Waals surface area contributed by atoms with E-state index in [4.69, 9.17) is 15.8 Å². The van der Waals surface area contributed by atoms with E-state index in [1.807, 2.05) is 42.5 Å². The van der Waals surface area contributed by atoms with Gasteiger partial charge in [-0.15, -0.1) is 0 Å². The van der Waals surface area contributed by atoms with Gasteiger partial charge in [-0.2, -0.15) is 8.42 Å². The zero-order valence-electron chi connectivity index (χ0n) is 13.7. The van der Waals surface area contributed by atoms with Crippen LogP contribution in [0.1, 0.15) is 32.1 Å². The number of hydrogen-bond acceptors (Lipinski definition) is 3. The lowest BCUT2D eigenvalue weighted by molar-refractivity contribution is 0.162. The van der Waals surface area contributed by atoms with Crippen molar-refractivity contribution in [3.05, 3.63) is 53.6 Å². The molecule has 1 aliphatic carbocycles. The highest BCUT2D eigenvalue weighted by atomic mass is 35.5. The van der Waals surface area contributed by atoms with Gasteiger partial charge in [-0.25, -0.2) is 0 Å². The maximum absolute atomic E-state index is 13.0. The van der Waals surface area contributed by atoms with E-state index in [1.165, 1.54) is 0 Å². The van der Waals surface area contributed by atoms with Gasteiger partial charge in [0.25, 0.3) is 10.1 Å². The van der Waals surface area contributed by atoms with E-state index in [1.54, 1.807) is 6.07 Å². The van der Waals surface area contributed by atoms with Gasteiger partial charge in [-0.1, -0.05) is 73.3 Å². The second kappa shape index (κ2) is 6.60. The fourth-order valence-electron chi connectivity index (χ4n) is 3.68. The Bertz CT molecular complexity index is 1040. The molecule has 0 radical (unpaired) electrons. The van der Waals surface area contributed by atoms with Gasteiger partial charge in [-0.05, 0) is 35.1 Å². The zero-order valence-corrected chi connectivity index (χ0v) is 15.3. The maximum Gasteiger partial charge on any atom is 0.299 e. The van der Waals surface area contributed by atoms with Crippen LogP contribution >= 0.6 is 11.6 Å². The SMILES string of the molecule is O=S(=O)(OC1CCCCC1)c1c(Cl)ccc2c1ccc1ccccc12. The molecule has 1 saturated carbocycles. The van der Waals surface area contributed by atoms with Gasteiger partial charge >= 0.3 is 0 Å². The van der Waals surface area contributed by atoms with Gasteiger partial charge in [0.1, 0.15) is 4.90 Å². The van der Waals surface area contributed by atoms with Crippen LogP contribution in [-0.2, 0) is 14.3 Å². The number of hydrogen-bond donors (Lipinski definition) is 0. The van der Waals surface area contributed by atoms with E-state index < -0.39 is 10.1 Å². The molecule has 3 aromatic rings. The van der Waals surface area contributed by atoms with E-state index in [0.29, 0.717) is 5.39 Å². The predicted octanol–water partition coefficient (Wildman–Crippen LogP) is 5.68. The fraction of sp³-hybridized carbons (Fsp3) is 0.300. The Morgan fingerprint density at radius 3 is 2.36 bits per heavy atom. The predicted molar refractivity (Wildman–Crippen MR) is 102 cm³/mol. The first-order valence-corrected chi connectivity index (χ1v) is 10.4. The molecule has 0 saturated heterocycles. The van der Waals surface area contributed by atoms with Gasteiger partial charge < -0.3 is 0 Å². The smallest absolute Gasteiger partial charge is 0.263 e. The molecular weight excluding hydrogens is 356 g/mol. The molecule has 3 aromatic carbocycles. The first-order valence-electron chi connectivity index (χ1n) is 8.59. The Hall–Kier alpha value is -1.62. The van der Waals surface area contributed by atoms with Crippen LogP contribution in [0.25, 0.3) is 21.5 Å². The van der Waals surface area contributed by atoms with Crippen molar-refractivity contribution in [1.82, 2.24) is 0 Å². The minimum absolute atomic E-state index is 0.0861. The van der Waals surface area contributed by atoms with Crippen LogP contribution in [0.5, 0.6) is 0 Å². The summed E-state index contributed by atoms with van der Waals surface area (Å²) in [5, 5.41) is 3.76. The van der Waals surface area contributed by atoms with E-state index in [0.717, 1.165) is 48.3 Å². The van der Waals surface area contributed by atoms with E-state index in [9.17, 15) is 8.42 Å². The third-order valence-corrected chi connectivity index (χ3v) is 6.79. The van der Waals surface area contributed by atoms with Gasteiger partial charge in [0.05, 0.1) is 11.1 Å². The first kappa shape index (κ1) is 16.8. The summed E-state index contributed by atoms with van der Waals surface area (Å²) >= 11 is 6.30. The molecule has 3 nitrogen and oxygen atoms in total. The lowest BCUT2D eigenvalue weighted by Gasteiger charge is -2.22. The van der Waals surface area contributed by atoms with Gasteiger partial charge in [-0.3, -0.25) is 4.18 Å². The molecule has 130 valence electrons. The van der Waals surface area contributed by atoms with Gasteiger partial charge in [0.2, 0.25) is 0 Å². The second-order valence-corrected chi connectivity index (χ2v) is 8.48. The minimum Gasteiger partial charge on any atom is -0.263 e. The molecule has 5 heteroatoms. The average molecular weight is 375 g/mol. The van der Waals surface area contributed by atoms with Crippen molar-refractivity contribution in [2.75, 3.05) is 0 Å². The van der Waals surface area contributed by atoms with Gasteiger partial charge in [0.15, 0.2) is 0 Å². The lowest BCUT2D eigenvalue weighted by atomic mass is 9.98. The molecule has 4 rings (SSSR count). The van der Waals surface area contributed by atoms with Crippen molar-refractivity contribution < 1.29 is 12.6 Å². The van der Waals surface area contributed by atoms with E-state index >= 15 is 0 Å². The molecule has 0 aromatic heterocycles. The van der Waals surface area contributed by atoms with Crippen LogP contribution in [0.3, 0.4) is 0 Å². The highest BCUT2D eigenvalue weighted by Gasteiger charge is 2.27. The van der Waals surface area contributed by atoms with Crippen molar-refractivity contribution in [2.24, 2.45) is 0 Å². The Morgan fingerprint density at radius 2 is 1.56 bits per heavy atom. The van der Waals surface area contributed by atoms with Crippen LogP contribution in [0, 0.1) is 0 Å². The maximum atomic E-state index is 13.0. The van der Waals surface area contributed by atoms with E-state index in [-0.39, 0.29) is 16.0 Å². The third-order valence-electron chi connectivity index (χ3n) is 4.89. The van der Waals surface area contributed by atoms with Crippen molar-refractivity contribution >= 4 is 43.3 Å². The summed E-state index contributed by atoms with van der Waals surface area (Å²) in [4.78, 5) is 0.0861. The summed E-state index contributed by atoms with van der Waals surface area (Å²) in [6.45, 7) is 0. The number of rotatable bonds is 3. The lowest BCUT2D eigenvalue weighted by Crippen LogP contribution is -2.21. The van der Waals surface area contributed by atoms with Crippen LogP contribution in [0.15, 0.2) is 53.4 Å². The Kier molecular flexibility index (Phi) is 4.44. The molecule has 1 fully saturated rings. The Labute approximate surface area is 152 Å². The first-order chi connectivity index (χ1) is 12.1. The summed E-state index contributed by atoms with van der Waals surface area (Å²) in [7, 11) is -3.92. The van der Waals surface area contributed by atoms with Crippen LogP contribution < -0.4 is 0 Å². The largest absolute Gasteiger partial charge is 0.299 e. The normalized spacial score (nSPS) is 16.5.